The molecule has 3 N–H and O–H groups in total. The second-order valence-corrected chi connectivity index (χ2v) is 6.10. The van der Waals surface area contributed by atoms with Gasteiger partial charge in [-0.2, -0.15) is 0 Å². The lowest BCUT2D eigenvalue weighted by molar-refractivity contribution is 0.0697. The Labute approximate surface area is 161 Å². The lowest BCUT2D eigenvalue weighted by Crippen LogP contribution is -2.34. The van der Waals surface area contributed by atoms with Gasteiger partial charge in [-0.1, -0.05) is 18.5 Å². The summed E-state index contributed by atoms with van der Waals surface area (Å²) in [4.78, 5) is 23.3. The molecule has 0 aliphatic heterocycles. The Morgan fingerprint density at radius 1 is 1.19 bits per heavy atom. The van der Waals surface area contributed by atoms with E-state index in [1.165, 1.54) is 12.1 Å². The summed E-state index contributed by atoms with van der Waals surface area (Å²) in [6, 6.07) is 11.0. The topological polar surface area (TPSA) is 87.7 Å². The number of carbonyl (C=O) groups excluding carboxylic acids is 1. The molecule has 1 amide bonds. The maximum absolute atomic E-state index is 12.2. The number of benzene rings is 2. The van der Waals surface area contributed by atoms with Gasteiger partial charge in [-0.25, -0.2) is 4.79 Å². The summed E-state index contributed by atoms with van der Waals surface area (Å²) >= 11 is 10.9. The number of carbonyl (C=O) groups is 2. The van der Waals surface area contributed by atoms with Gasteiger partial charge in [0, 0.05) is 11.3 Å². The number of anilines is 1. The number of carboxylic acid groups (broad SMARTS) is 1. The quantitative estimate of drug-likeness (QED) is 0.645. The van der Waals surface area contributed by atoms with Crippen LogP contribution in [0.5, 0.6) is 5.75 Å². The summed E-state index contributed by atoms with van der Waals surface area (Å²) in [5.74, 6) is -0.859. The van der Waals surface area contributed by atoms with Crippen LogP contribution in [0.3, 0.4) is 0 Å². The van der Waals surface area contributed by atoms with Crippen LogP contribution in [0.2, 0.25) is 5.02 Å². The highest BCUT2D eigenvalue weighted by atomic mass is 35.5. The molecule has 0 aliphatic carbocycles. The van der Waals surface area contributed by atoms with Gasteiger partial charge < -0.3 is 15.2 Å². The van der Waals surface area contributed by atoms with Crippen molar-refractivity contribution in [3.8, 4) is 5.75 Å². The first kappa shape index (κ1) is 19.7. The summed E-state index contributed by atoms with van der Waals surface area (Å²) in [5, 5.41) is 14.5. The molecule has 26 heavy (non-hydrogen) atoms. The summed E-state index contributed by atoms with van der Waals surface area (Å²) in [6.45, 7) is 2.62. The molecule has 0 unspecified atom stereocenters. The molecule has 0 spiro atoms. The number of hydrogen-bond acceptors (Lipinski definition) is 4. The number of carboxylic acids is 1. The van der Waals surface area contributed by atoms with Crippen LogP contribution < -0.4 is 15.4 Å². The monoisotopic (exact) mass is 392 g/mol. The summed E-state index contributed by atoms with van der Waals surface area (Å²) in [6.07, 6.45) is 0.899. The van der Waals surface area contributed by atoms with Gasteiger partial charge >= 0.3 is 5.97 Å². The molecule has 0 fully saturated rings. The van der Waals surface area contributed by atoms with E-state index in [0.29, 0.717) is 23.6 Å². The second-order valence-electron chi connectivity index (χ2n) is 5.28. The van der Waals surface area contributed by atoms with Gasteiger partial charge in [0.25, 0.3) is 5.91 Å². The van der Waals surface area contributed by atoms with Crippen LogP contribution in [0.4, 0.5) is 5.69 Å². The first-order valence-corrected chi connectivity index (χ1v) is 8.57. The van der Waals surface area contributed by atoms with E-state index >= 15 is 0 Å². The Morgan fingerprint density at radius 3 is 2.50 bits per heavy atom. The average Bonchev–Trinajstić information content (AvgIpc) is 2.61. The average molecular weight is 393 g/mol. The molecule has 0 saturated heterocycles. The predicted molar refractivity (Wildman–Crippen MR) is 104 cm³/mol. The van der Waals surface area contributed by atoms with E-state index < -0.39 is 11.9 Å². The van der Waals surface area contributed by atoms with E-state index in [9.17, 15) is 9.59 Å². The van der Waals surface area contributed by atoms with Crippen molar-refractivity contribution in [2.24, 2.45) is 0 Å². The molecule has 0 aliphatic rings. The number of ether oxygens (including phenoxy) is 1. The van der Waals surface area contributed by atoms with E-state index in [2.05, 4.69) is 10.6 Å². The predicted octanol–water partition coefficient (Wildman–Crippen LogP) is 3.95. The number of rotatable bonds is 6. The van der Waals surface area contributed by atoms with Gasteiger partial charge in [0.15, 0.2) is 5.11 Å². The Bertz CT molecular complexity index is 824. The molecular formula is C18H17ClN2O4S. The first-order valence-electron chi connectivity index (χ1n) is 7.78. The lowest BCUT2D eigenvalue weighted by Gasteiger charge is -2.11. The third-order valence-electron chi connectivity index (χ3n) is 3.27. The summed E-state index contributed by atoms with van der Waals surface area (Å²) in [7, 11) is 0. The largest absolute Gasteiger partial charge is 0.494 e. The normalized spacial score (nSPS) is 10.1. The zero-order chi connectivity index (χ0) is 19.1. The number of nitrogens with one attached hydrogen (secondary N) is 2. The number of aromatic carboxylic acids is 1. The highest BCUT2D eigenvalue weighted by Crippen LogP contribution is 2.20. The fourth-order valence-electron chi connectivity index (χ4n) is 2.03. The van der Waals surface area contributed by atoms with Gasteiger partial charge in [0.2, 0.25) is 0 Å². The zero-order valence-corrected chi connectivity index (χ0v) is 15.5. The Morgan fingerprint density at radius 2 is 1.88 bits per heavy atom. The van der Waals surface area contributed by atoms with E-state index in [-0.39, 0.29) is 15.7 Å². The maximum atomic E-state index is 12.2. The van der Waals surface area contributed by atoms with Crippen LogP contribution in [-0.2, 0) is 0 Å². The molecule has 2 aromatic rings. The molecule has 6 nitrogen and oxygen atoms in total. The van der Waals surface area contributed by atoms with Gasteiger partial charge in [0.05, 0.1) is 17.2 Å². The van der Waals surface area contributed by atoms with E-state index in [0.717, 1.165) is 6.42 Å². The highest BCUT2D eigenvalue weighted by molar-refractivity contribution is 7.80. The van der Waals surface area contributed by atoms with E-state index in [4.69, 9.17) is 33.7 Å². The molecule has 0 radical (unpaired) electrons. The molecular weight excluding hydrogens is 376 g/mol. The fraction of sp³-hybridized carbons (Fsp3) is 0.167. The molecule has 136 valence electrons. The molecule has 0 aromatic heterocycles. The molecule has 8 heteroatoms. The first-order chi connectivity index (χ1) is 12.4. The third-order valence-corrected chi connectivity index (χ3v) is 3.80. The van der Waals surface area contributed by atoms with Gasteiger partial charge in [-0.15, -0.1) is 0 Å². The standard InChI is InChI=1S/C18H17ClN2O4S/c1-2-9-25-13-6-3-11(4-7-13)16(22)21-18(26)20-12-5-8-15(19)14(10-12)17(23)24/h3-8,10H,2,9H2,1H3,(H,23,24)(H2,20,21,22,26). The maximum Gasteiger partial charge on any atom is 0.337 e. The number of amides is 1. The van der Waals surface area contributed by atoms with Crippen molar-refractivity contribution < 1.29 is 19.4 Å². The van der Waals surface area contributed by atoms with E-state index in [1.54, 1.807) is 30.3 Å². The third kappa shape index (κ3) is 5.44. The van der Waals surface area contributed by atoms with Crippen molar-refractivity contribution in [1.29, 1.82) is 0 Å². The Balaban J connectivity index is 1.98. The molecule has 0 heterocycles. The van der Waals surface area contributed by atoms with Crippen molar-refractivity contribution in [3.05, 3.63) is 58.6 Å². The highest BCUT2D eigenvalue weighted by Gasteiger charge is 2.12. The number of thiocarbonyl (C=S) groups is 1. The van der Waals surface area contributed by atoms with Crippen molar-refractivity contribution in [2.45, 2.75) is 13.3 Å². The van der Waals surface area contributed by atoms with Crippen LogP contribution >= 0.6 is 23.8 Å². The van der Waals surface area contributed by atoms with Crippen LogP contribution in [0.25, 0.3) is 0 Å². The molecule has 0 atom stereocenters. The van der Waals surface area contributed by atoms with Gasteiger partial charge in [-0.05, 0) is 61.1 Å². The van der Waals surface area contributed by atoms with Gasteiger partial charge in [-0.3, -0.25) is 10.1 Å². The minimum absolute atomic E-state index is 0.0416. The summed E-state index contributed by atoms with van der Waals surface area (Å²) < 4.78 is 5.46. The minimum atomic E-state index is -1.15. The molecule has 2 aromatic carbocycles. The van der Waals surface area contributed by atoms with Crippen LogP contribution in [-0.4, -0.2) is 28.7 Å². The Hall–Kier alpha value is -2.64. The molecule has 0 saturated carbocycles. The van der Waals surface area contributed by atoms with Crippen LogP contribution in [0.1, 0.15) is 34.1 Å². The Kier molecular flexibility index (Phi) is 6.94. The van der Waals surface area contributed by atoms with Crippen LogP contribution in [0.15, 0.2) is 42.5 Å². The summed E-state index contributed by atoms with van der Waals surface area (Å²) in [5.41, 5.74) is 0.759. The van der Waals surface area contributed by atoms with E-state index in [1.807, 2.05) is 6.92 Å². The second kappa shape index (κ2) is 9.17. The van der Waals surface area contributed by atoms with Crippen molar-refractivity contribution in [1.82, 2.24) is 5.32 Å². The SMILES string of the molecule is CCCOc1ccc(C(=O)NC(=S)Nc2ccc(Cl)c(C(=O)O)c2)cc1. The molecule has 0 bridgehead atoms. The zero-order valence-electron chi connectivity index (χ0n) is 13.9. The molecule has 2 rings (SSSR count). The smallest absolute Gasteiger partial charge is 0.337 e. The van der Waals surface area contributed by atoms with Gasteiger partial charge in [0.1, 0.15) is 5.75 Å². The van der Waals surface area contributed by atoms with Crippen LogP contribution in [0, 0.1) is 0 Å². The van der Waals surface area contributed by atoms with Crippen molar-refractivity contribution in [2.75, 3.05) is 11.9 Å². The van der Waals surface area contributed by atoms with Crippen molar-refractivity contribution in [3.63, 3.8) is 0 Å². The number of halogens is 1. The number of hydrogen-bond donors (Lipinski definition) is 3. The van der Waals surface area contributed by atoms with Crippen molar-refractivity contribution >= 4 is 46.5 Å². The lowest BCUT2D eigenvalue weighted by atomic mass is 10.2. The fourth-order valence-corrected chi connectivity index (χ4v) is 2.44. The minimum Gasteiger partial charge on any atom is -0.494 e.